The number of anilines is 2. The van der Waals surface area contributed by atoms with Crippen LogP contribution in [0.2, 0.25) is 0 Å². The first-order chi connectivity index (χ1) is 25.7. The van der Waals surface area contributed by atoms with Crippen LogP contribution in [-0.2, 0) is 0 Å². The van der Waals surface area contributed by atoms with E-state index in [1.54, 1.807) is 11.8 Å². The Labute approximate surface area is 314 Å². The number of rotatable bonds is 11. The van der Waals surface area contributed by atoms with Gasteiger partial charge in [-0.2, -0.15) is 0 Å². The normalized spacial score (nSPS) is 15.9. The lowest BCUT2D eigenvalue weighted by Gasteiger charge is -2.33. The van der Waals surface area contributed by atoms with Crippen molar-refractivity contribution in [3.05, 3.63) is 211 Å². The molecule has 0 saturated carbocycles. The predicted molar refractivity (Wildman–Crippen MR) is 227 cm³/mol. The van der Waals surface area contributed by atoms with Crippen LogP contribution in [0.1, 0.15) is 26.2 Å². The smallest absolute Gasteiger partial charge is 0.0537 e. The SMILES string of the molecule is C=C/C=C\C(=C/C)C1CC=CC=C1C1=CC=C(N(c2ccc(-c3ccccc3)cc2)c2ccc(-c3ccccc3SC)cc2-c2ccccc2)CC1. The maximum absolute atomic E-state index is 3.90. The van der Waals surface area contributed by atoms with Gasteiger partial charge >= 0.3 is 0 Å². The molecule has 256 valence electrons. The van der Waals surface area contributed by atoms with Gasteiger partial charge in [-0.05, 0) is 113 Å². The van der Waals surface area contributed by atoms with Crippen LogP contribution in [0.5, 0.6) is 0 Å². The number of benzene rings is 5. The Kier molecular flexibility index (Phi) is 11.1. The van der Waals surface area contributed by atoms with Crippen LogP contribution in [0, 0.1) is 5.92 Å². The van der Waals surface area contributed by atoms with E-state index >= 15 is 0 Å². The van der Waals surface area contributed by atoms with Crippen LogP contribution in [-0.4, -0.2) is 6.26 Å². The molecular formula is C50H45NS. The van der Waals surface area contributed by atoms with Crippen molar-refractivity contribution in [1.82, 2.24) is 0 Å². The molecule has 2 aliphatic rings. The van der Waals surface area contributed by atoms with Gasteiger partial charge in [-0.3, -0.25) is 0 Å². The summed E-state index contributed by atoms with van der Waals surface area (Å²) in [5, 5.41) is 0. The Morgan fingerprint density at radius 3 is 2.10 bits per heavy atom. The quantitative estimate of drug-likeness (QED) is 0.100. The van der Waals surface area contributed by atoms with Crippen LogP contribution >= 0.6 is 11.8 Å². The Balaban J connectivity index is 1.36. The summed E-state index contributed by atoms with van der Waals surface area (Å²) >= 11 is 1.79. The van der Waals surface area contributed by atoms with Crippen molar-refractivity contribution >= 4 is 23.1 Å². The molecule has 0 amide bonds. The minimum Gasteiger partial charge on any atom is -0.314 e. The van der Waals surface area contributed by atoms with Crippen molar-refractivity contribution in [1.29, 1.82) is 0 Å². The lowest BCUT2D eigenvalue weighted by Crippen LogP contribution is -2.20. The van der Waals surface area contributed by atoms with E-state index in [4.69, 9.17) is 0 Å². The fraction of sp³-hybridized carbons (Fsp3) is 0.120. The average molecular weight is 692 g/mol. The summed E-state index contributed by atoms with van der Waals surface area (Å²) in [5.74, 6) is 0.343. The van der Waals surface area contributed by atoms with Crippen molar-refractivity contribution in [3.63, 3.8) is 0 Å². The number of nitrogens with zero attached hydrogens (tertiary/aromatic N) is 1. The van der Waals surface area contributed by atoms with Gasteiger partial charge in [0.2, 0.25) is 0 Å². The van der Waals surface area contributed by atoms with E-state index in [1.165, 1.54) is 66.4 Å². The van der Waals surface area contributed by atoms with E-state index in [0.29, 0.717) is 5.92 Å². The minimum absolute atomic E-state index is 0.343. The molecule has 7 rings (SSSR count). The lowest BCUT2D eigenvalue weighted by molar-refractivity contribution is 0.720. The largest absolute Gasteiger partial charge is 0.314 e. The maximum Gasteiger partial charge on any atom is 0.0537 e. The Hall–Kier alpha value is -5.57. The molecule has 2 heteroatoms. The molecule has 5 aromatic rings. The Morgan fingerprint density at radius 2 is 1.40 bits per heavy atom. The number of hydrogen-bond donors (Lipinski definition) is 0. The van der Waals surface area contributed by atoms with Crippen LogP contribution in [0.25, 0.3) is 33.4 Å². The van der Waals surface area contributed by atoms with Crippen LogP contribution in [0.15, 0.2) is 216 Å². The fourth-order valence-electron chi connectivity index (χ4n) is 7.45. The highest BCUT2D eigenvalue weighted by Crippen LogP contribution is 2.45. The van der Waals surface area contributed by atoms with Gasteiger partial charge in [0, 0.05) is 27.8 Å². The molecule has 0 radical (unpaired) electrons. The molecule has 1 atom stereocenters. The van der Waals surface area contributed by atoms with Gasteiger partial charge in [0.25, 0.3) is 0 Å². The summed E-state index contributed by atoms with van der Waals surface area (Å²) in [6, 6.07) is 46.3. The molecule has 0 bridgehead atoms. The first kappa shape index (κ1) is 34.9. The van der Waals surface area contributed by atoms with Gasteiger partial charge in [-0.25, -0.2) is 0 Å². The van der Waals surface area contributed by atoms with Crippen LogP contribution < -0.4 is 4.90 Å². The summed E-state index contributed by atoms with van der Waals surface area (Å²) in [6.45, 7) is 6.04. The summed E-state index contributed by atoms with van der Waals surface area (Å²) < 4.78 is 0. The van der Waals surface area contributed by atoms with Gasteiger partial charge in [0.1, 0.15) is 0 Å². The minimum atomic E-state index is 0.343. The third-order valence-corrected chi connectivity index (χ3v) is 10.9. The molecule has 1 unspecified atom stereocenters. The molecule has 0 fully saturated rings. The van der Waals surface area contributed by atoms with E-state index in [1.807, 2.05) is 6.08 Å². The van der Waals surface area contributed by atoms with E-state index in [0.717, 1.165) is 24.9 Å². The maximum atomic E-state index is 3.90. The first-order valence-electron chi connectivity index (χ1n) is 18.2. The third-order valence-electron chi connectivity index (χ3n) is 10.1. The monoisotopic (exact) mass is 691 g/mol. The second-order valence-corrected chi connectivity index (χ2v) is 14.0. The Morgan fingerprint density at radius 1 is 0.712 bits per heavy atom. The standard InChI is InChI=1S/C50H45NS/c1-4-6-17-37(5-2)45-22-13-14-23-46(45)41-28-33-44(34-29-41)51(43-31-26-39(27-32-43)38-18-9-7-10-19-38)49-35-30-42(47-24-15-16-25-50(47)52-3)36-48(49)40-20-11-8-12-21-40/h4-21,23-28,30-33,35-36,45H,1,22,29,34H2,2-3H3/b17-6-,37-5+. The van der Waals surface area contributed by atoms with E-state index < -0.39 is 0 Å². The van der Waals surface area contributed by atoms with Gasteiger partial charge in [-0.1, -0.05) is 152 Å². The molecule has 0 heterocycles. The molecule has 0 aromatic heterocycles. The molecular weight excluding hydrogens is 647 g/mol. The van der Waals surface area contributed by atoms with Crippen molar-refractivity contribution in [3.8, 4) is 33.4 Å². The van der Waals surface area contributed by atoms with E-state index in [9.17, 15) is 0 Å². The first-order valence-corrected chi connectivity index (χ1v) is 19.4. The van der Waals surface area contributed by atoms with Gasteiger partial charge in [0.15, 0.2) is 0 Å². The number of thioether (sulfide) groups is 1. The lowest BCUT2D eigenvalue weighted by atomic mass is 9.78. The topological polar surface area (TPSA) is 3.24 Å². The van der Waals surface area contributed by atoms with Crippen molar-refractivity contribution in [2.45, 2.75) is 31.1 Å². The molecule has 52 heavy (non-hydrogen) atoms. The zero-order chi connectivity index (χ0) is 35.7. The second-order valence-electron chi connectivity index (χ2n) is 13.1. The summed E-state index contributed by atoms with van der Waals surface area (Å²) in [5.41, 5.74) is 15.1. The highest BCUT2D eigenvalue weighted by atomic mass is 32.2. The van der Waals surface area contributed by atoms with Crippen molar-refractivity contribution in [2.24, 2.45) is 5.92 Å². The zero-order valence-corrected chi connectivity index (χ0v) is 30.9. The van der Waals surface area contributed by atoms with E-state index in [2.05, 4.69) is 201 Å². The molecule has 0 saturated heterocycles. The molecule has 0 N–H and O–H groups in total. The van der Waals surface area contributed by atoms with Gasteiger partial charge < -0.3 is 4.90 Å². The average Bonchev–Trinajstić information content (AvgIpc) is 3.22. The Bertz CT molecular complexity index is 2210. The third kappa shape index (κ3) is 7.54. The van der Waals surface area contributed by atoms with Crippen molar-refractivity contribution < 1.29 is 0 Å². The van der Waals surface area contributed by atoms with Crippen LogP contribution in [0.3, 0.4) is 0 Å². The molecule has 1 nitrogen and oxygen atoms in total. The summed E-state index contributed by atoms with van der Waals surface area (Å²) in [7, 11) is 0. The zero-order valence-electron chi connectivity index (χ0n) is 30.1. The molecule has 2 aliphatic carbocycles. The van der Waals surface area contributed by atoms with Gasteiger partial charge in [0.05, 0.1) is 5.69 Å². The second kappa shape index (κ2) is 16.6. The van der Waals surface area contributed by atoms with Crippen molar-refractivity contribution in [2.75, 3.05) is 11.2 Å². The van der Waals surface area contributed by atoms with E-state index in [-0.39, 0.29) is 0 Å². The fourth-order valence-corrected chi connectivity index (χ4v) is 8.07. The molecule has 0 spiro atoms. The number of allylic oxidation sites excluding steroid dienone is 13. The predicted octanol–water partition coefficient (Wildman–Crippen LogP) is 14.3. The summed E-state index contributed by atoms with van der Waals surface area (Å²) in [4.78, 5) is 3.77. The van der Waals surface area contributed by atoms with Gasteiger partial charge in [-0.15, -0.1) is 11.8 Å². The highest BCUT2D eigenvalue weighted by Gasteiger charge is 2.25. The highest BCUT2D eigenvalue weighted by molar-refractivity contribution is 7.98. The molecule has 0 aliphatic heterocycles. The number of hydrogen-bond acceptors (Lipinski definition) is 2. The van der Waals surface area contributed by atoms with Crippen LogP contribution in [0.4, 0.5) is 11.4 Å². The summed E-state index contributed by atoms with van der Waals surface area (Å²) in [6.07, 6.45) is 25.0. The molecule has 5 aromatic carbocycles.